The molecule has 0 amide bonds. The standard InChI is InChI=1S/C10H17N3O2/c1-13-4-2-3-8(6-13)5-9-11-10(7-14)15-12-9/h8,14H,2-7H2,1H3. The van der Waals surface area contributed by atoms with Crippen LogP contribution in [0.25, 0.3) is 0 Å². The highest BCUT2D eigenvalue weighted by Gasteiger charge is 2.19. The fraction of sp³-hybridized carbons (Fsp3) is 0.800. The molecule has 1 aliphatic rings. The first-order chi connectivity index (χ1) is 7.28. The summed E-state index contributed by atoms with van der Waals surface area (Å²) in [6.07, 6.45) is 3.33. The summed E-state index contributed by atoms with van der Waals surface area (Å²) in [7, 11) is 2.14. The summed E-state index contributed by atoms with van der Waals surface area (Å²) in [5, 5.41) is 12.6. The van der Waals surface area contributed by atoms with Gasteiger partial charge in [-0.3, -0.25) is 0 Å². The number of likely N-dealkylation sites (tertiary alicyclic amines) is 1. The molecule has 2 rings (SSSR count). The zero-order chi connectivity index (χ0) is 10.7. The monoisotopic (exact) mass is 211 g/mol. The molecule has 1 saturated heterocycles. The van der Waals surface area contributed by atoms with E-state index in [1.165, 1.54) is 19.4 Å². The van der Waals surface area contributed by atoms with Crippen LogP contribution in [0, 0.1) is 5.92 Å². The summed E-state index contributed by atoms with van der Waals surface area (Å²) < 4.78 is 4.86. The fourth-order valence-corrected chi connectivity index (χ4v) is 2.14. The Morgan fingerprint density at radius 1 is 1.60 bits per heavy atom. The van der Waals surface area contributed by atoms with Gasteiger partial charge >= 0.3 is 0 Å². The van der Waals surface area contributed by atoms with Crippen molar-refractivity contribution < 1.29 is 9.63 Å². The van der Waals surface area contributed by atoms with Crippen molar-refractivity contribution in [3.05, 3.63) is 11.7 Å². The normalized spacial score (nSPS) is 23.2. The summed E-state index contributed by atoms with van der Waals surface area (Å²) in [5.41, 5.74) is 0. The van der Waals surface area contributed by atoms with E-state index in [2.05, 4.69) is 22.1 Å². The van der Waals surface area contributed by atoms with E-state index in [9.17, 15) is 0 Å². The topological polar surface area (TPSA) is 62.4 Å². The third-order valence-electron chi connectivity index (χ3n) is 2.84. The predicted molar refractivity (Wildman–Crippen MR) is 54.1 cm³/mol. The van der Waals surface area contributed by atoms with Crippen molar-refractivity contribution in [2.45, 2.75) is 25.9 Å². The summed E-state index contributed by atoms with van der Waals surface area (Å²) in [4.78, 5) is 6.44. The van der Waals surface area contributed by atoms with Crippen LogP contribution in [0.2, 0.25) is 0 Å². The number of rotatable bonds is 3. The smallest absolute Gasteiger partial charge is 0.252 e. The van der Waals surface area contributed by atoms with Crippen LogP contribution >= 0.6 is 0 Å². The average molecular weight is 211 g/mol. The highest BCUT2D eigenvalue weighted by atomic mass is 16.5. The molecule has 0 aromatic carbocycles. The third kappa shape index (κ3) is 2.76. The highest BCUT2D eigenvalue weighted by molar-refractivity contribution is 4.88. The molecule has 5 heteroatoms. The molecular formula is C10H17N3O2. The number of hydrogen-bond donors (Lipinski definition) is 1. The Hall–Kier alpha value is -0.940. The van der Waals surface area contributed by atoms with Gasteiger partial charge in [-0.05, 0) is 32.4 Å². The maximum atomic E-state index is 8.79. The molecule has 1 aliphatic heterocycles. The zero-order valence-electron chi connectivity index (χ0n) is 9.02. The van der Waals surface area contributed by atoms with Crippen molar-refractivity contribution in [3.63, 3.8) is 0 Å². The Morgan fingerprint density at radius 2 is 2.47 bits per heavy atom. The van der Waals surface area contributed by atoms with Crippen molar-refractivity contribution in [2.75, 3.05) is 20.1 Å². The lowest BCUT2D eigenvalue weighted by molar-refractivity contribution is 0.206. The van der Waals surface area contributed by atoms with Gasteiger partial charge in [-0.1, -0.05) is 5.16 Å². The van der Waals surface area contributed by atoms with Crippen LogP contribution in [0.5, 0.6) is 0 Å². The predicted octanol–water partition coefficient (Wildman–Crippen LogP) is 0.446. The van der Waals surface area contributed by atoms with E-state index in [1.807, 2.05) is 0 Å². The van der Waals surface area contributed by atoms with Crippen molar-refractivity contribution in [1.82, 2.24) is 15.0 Å². The minimum Gasteiger partial charge on any atom is -0.387 e. The molecule has 2 heterocycles. The third-order valence-corrected chi connectivity index (χ3v) is 2.84. The second-order valence-electron chi connectivity index (χ2n) is 4.24. The molecule has 15 heavy (non-hydrogen) atoms. The SMILES string of the molecule is CN1CCCC(Cc2noc(CO)n2)C1. The van der Waals surface area contributed by atoms with E-state index in [1.54, 1.807) is 0 Å². The Labute approximate surface area is 89.1 Å². The van der Waals surface area contributed by atoms with Crippen LogP contribution < -0.4 is 0 Å². The van der Waals surface area contributed by atoms with Crippen LogP contribution in [0.15, 0.2) is 4.52 Å². The van der Waals surface area contributed by atoms with Crippen LogP contribution in [-0.2, 0) is 13.0 Å². The number of nitrogens with zero attached hydrogens (tertiary/aromatic N) is 3. The molecule has 0 spiro atoms. The van der Waals surface area contributed by atoms with E-state index in [0.717, 1.165) is 18.8 Å². The van der Waals surface area contributed by atoms with Gasteiger partial charge < -0.3 is 14.5 Å². The fourth-order valence-electron chi connectivity index (χ4n) is 2.14. The first-order valence-corrected chi connectivity index (χ1v) is 5.39. The molecular weight excluding hydrogens is 194 g/mol. The Kier molecular flexibility index (Phi) is 3.33. The van der Waals surface area contributed by atoms with Crippen molar-refractivity contribution >= 4 is 0 Å². The molecule has 1 fully saturated rings. The van der Waals surface area contributed by atoms with E-state index in [0.29, 0.717) is 11.8 Å². The van der Waals surface area contributed by atoms with Crippen molar-refractivity contribution in [3.8, 4) is 0 Å². The van der Waals surface area contributed by atoms with Gasteiger partial charge in [0.2, 0.25) is 0 Å². The number of aliphatic hydroxyl groups excluding tert-OH is 1. The molecule has 0 aliphatic carbocycles. The molecule has 1 aromatic heterocycles. The number of hydrogen-bond acceptors (Lipinski definition) is 5. The largest absolute Gasteiger partial charge is 0.387 e. The molecule has 0 radical (unpaired) electrons. The van der Waals surface area contributed by atoms with E-state index in [4.69, 9.17) is 9.63 Å². The second-order valence-corrected chi connectivity index (χ2v) is 4.24. The van der Waals surface area contributed by atoms with Gasteiger partial charge in [-0.25, -0.2) is 0 Å². The second kappa shape index (κ2) is 4.72. The van der Waals surface area contributed by atoms with Gasteiger partial charge in [-0.2, -0.15) is 4.98 Å². The number of piperidine rings is 1. The van der Waals surface area contributed by atoms with Crippen molar-refractivity contribution in [1.29, 1.82) is 0 Å². The van der Waals surface area contributed by atoms with Crippen LogP contribution in [0.4, 0.5) is 0 Å². The lowest BCUT2D eigenvalue weighted by Crippen LogP contribution is -2.33. The van der Waals surface area contributed by atoms with Gasteiger partial charge in [0.05, 0.1) is 0 Å². The van der Waals surface area contributed by atoms with E-state index < -0.39 is 0 Å². The summed E-state index contributed by atoms with van der Waals surface area (Å²) >= 11 is 0. The molecule has 1 unspecified atom stereocenters. The molecule has 0 bridgehead atoms. The molecule has 1 atom stereocenters. The zero-order valence-corrected chi connectivity index (χ0v) is 9.02. The van der Waals surface area contributed by atoms with Crippen LogP contribution in [0.3, 0.4) is 0 Å². The first kappa shape index (κ1) is 10.6. The van der Waals surface area contributed by atoms with Gasteiger partial charge in [0, 0.05) is 13.0 Å². The van der Waals surface area contributed by atoms with Gasteiger partial charge in [0.1, 0.15) is 6.61 Å². The number of aromatic nitrogens is 2. The van der Waals surface area contributed by atoms with Gasteiger partial charge in [0.15, 0.2) is 5.82 Å². The molecule has 1 aromatic rings. The highest BCUT2D eigenvalue weighted by Crippen LogP contribution is 2.18. The minimum absolute atomic E-state index is 0.169. The summed E-state index contributed by atoms with van der Waals surface area (Å²) in [6, 6.07) is 0. The summed E-state index contributed by atoms with van der Waals surface area (Å²) in [6.45, 7) is 2.12. The lowest BCUT2D eigenvalue weighted by Gasteiger charge is -2.28. The van der Waals surface area contributed by atoms with E-state index in [-0.39, 0.29) is 6.61 Å². The average Bonchev–Trinajstić information content (AvgIpc) is 2.65. The molecule has 1 N–H and O–H groups in total. The Balaban J connectivity index is 1.90. The Morgan fingerprint density at radius 3 is 3.13 bits per heavy atom. The number of aliphatic hydroxyl groups is 1. The molecule has 0 saturated carbocycles. The van der Waals surface area contributed by atoms with Crippen LogP contribution in [0.1, 0.15) is 24.6 Å². The quantitative estimate of drug-likeness (QED) is 0.786. The maximum Gasteiger partial charge on any atom is 0.252 e. The first-order valence-electron chi connectivity index (χ1n) is 5.39. The summed E-state index contributed by atoms with van der Waals surface area (Å²) in [5.74, 6) is 1.65. The van der Waals surface area contributed by atoms with Gasteiger partial charge in [0.25, 0.3) is 5.89 Å². The lowest BCUT2D eigenvalue weighted by atomic mass is 9.95. The van der Waals surface area contributed by atoms with Gasteiger partial charge in [-0.15, -0.1) is 0 Å². The minimum atomic E-state index is -0.169. The van der Waals surface area contributed by atoms with E-state index >= 15 is 0 Å². The van der Waals surface area contributed by atoms with Crippen molar-refractivity contribution in [2.24, 2.45) is 5.92 Å². The molecule has 84 valence electrons. The molecule has 5 nitrogen and oxygen atoms in total. The Bertz CT molecular complexity index is 313. The maximum absolute atomic E-state index is 8.79. The van der Waals surface area contributed by atoms with Crippen LogP contribution in [-0.4, -0.2) is 40.3 Å².